The molecule has 2 aromatic heterocycles. The van der Waals surface area contributed by atoms with E-state index in [2.05, 4.69) is 79.5 Å². The van der Waals surface area contributed by atoms with Crippen LogP contribution >= 0.6 is 0 Å². The zero-order valence-electron chi connectivity index (χ0n) is 14.8. The summed E-state index contributed by atoms with van der Waals surface area (Å²) in [6.07, 6.45) is 1.91. The van der Waals surface area contributed by atoms with Crippen LogP contribution in [0.1, 0.15) is 25.0 Å². The molecule has 2 heterocycles. The molecule has 0 bridgehead atoms. The zero-order chi connectivity index (χ0) is 17.5. The normalized spacial score (nSPS) is 14.8. The van der Waals surface area contributed by atoms with Crippen LogP contribution in [0.5, 0.6) is 0 Å². The van der Waals surface area contributed by atoms with Crippen LogP contribution in [-0.4, -0.2) is 9.97 Å². The van der Waals surface area contributed by atoms with Crippen molar-refractivity contribution in [1.82, 2.24) is 9.97 Å². The van der Waals surface area contributed by atoms with E-state index in [1.165, 1.54) is 49.3 Å². The lowest BCUT2D eigenvalue weighted by Gasteiger charge is -2.22. The van der Waals surface area contributed by atoms with Gasteiger partial charge in [0.05, 0.1) is 11.2 Å². The molecule has 0 atom stereocenters. The van der Waals surface area contributed by atoms with Crippen molar-refractivity contribution in [2.45, 2.75) is 19.3 Å². The van der Waals surface area contributed by atoms with E-state index in [0.29, 0.717) is 0 Å². The molecule has 0 saturated carbocycles. The van der Waals surface area contributed by atoms with E-state index in [0.717, 1.165) is 5.69 Å². The second-order valence-electron chi connectivity index (χ2n) is 7.74. The molecular formula is C24H18N2. The Hall–Kier alpha value is -3.13. The highest BCUT2D eigenvalue weighted by molar-refractivity contribution is 6.25. The van der Waals surface area contributed by atoms with Gasteiger partial charge in [-0.3, -0.25) is 4.98 Å². The lowest BCUT2D eigenvalue weighted by molar-refractivity contribution is 0.664. The predicted molar refractivity (Wildman–Crippen MR) is 109 cm³/mol. The number of nitrogens with one attached hydrogen (secondary N) is 1. The minimum absolute atomic E-state index is 0.0813. The Morgan fingerprint density at radius 2 is 1.54 bits per heavy atom. The number of nitrogens with zero attached hydrogens (tertiary/aromatic N) is 1. The Labute approximate surface area is 151 Å². The highest BCUT2D eigenvalue weighted by Gasteiger charge is 2.39. The van der Waals surface area contributed by atoms with Crippen LogP contribution in [0.4, 0.5) is 0 Å². The number of H-pyrrole nitrogens is 1. The molecule has 1 N–H and O–H groups in total. The molecule has 0 aliphatic heterocycles. The van der Waals surface area contributed by atoms with E-state index < -0.39 is 0 Å². The fourth-order valence-corrected chi connectivity index (χ4v) is 4.90. The van der Waals surface area contributed by atoms with Gasteiger partial charge in [0.15, 0.2) is 0 Å². The zero-order valence-corrected chi connectivity index (χ0v) is 14.8. The monoisotopic (exact) mass is 334 g/mol. The van der Waals surface area contributed by atoms with Crippen LogP contribution < -0.4 is 0 Å². The van der Waals surface area contributed by atoms with Gasteiger partial charge in [0.1, 0.15) is 0 Å². The number of para-hydroxylation sites is 1. The maximum absolute atomic E-state index is 4.79. The molecule has 0 spiro atoms. The van der Waals surface area contributed by atoms with Crippen molar-refractivity contribution in [1.29, 1.82) is 0 Å². The van der Waals surface area contributed by atoms with E-state index in [9.17, 15) is 0 Å². The van der Waals surface area contributed by atoms with Gasteiger partial charge in [0, 0.05) is 33.5 Å². The molecule has 124 valence electrons. The smallest absolute Gasteiger partial charge is 0.0752 e. The molecule has 0 amide bonds. The van der Waals surface area contributed by atoms with Crippen molar-refractivity contribution in [3.63, 3.8) is 0 Å². The summed E-state index contributed by atoms with van der Waals surface area (Å²) >= 11 is 0. The van der Waals surface area contributed by atoms with E-state index in [1.807, 2.05) is 6.20 Å². The first-order valence-corrected chi connectivity index (χ1v) is 9.09. The summed E-state index contributed by atoms with van der Waals surface area (Å²) in [5, 5.41) is 5.22. The number of benzene rings is 3. The molecule has 0 saturated heterocycles. The minimum atomic E-state index is -0.0813. The van der Waals surface area contributed by atoms with Crippen molar-refractivity contribution in [3.05, 3.63) is 78.0 Å². The van der Waals surface area contributed by atoms with Gasteiger partial charge in [0.25, 0.3) is 0 Å². The van der Waals surface area contributed by atoms with Gasteiger partial charge in [-0.1, -0.05) is 62.4 Å². The Kier molecular flexibility index (Phi) is 2.45. The molecule has 0 fully saturated rings. The molecule has 0 radical (unpaired) electrons. The predicted octanol–water partition coefficient (Wildman–Crippen LogP) is 6.18. The number of aromatic amines is 1. The number of rotatable bonds is 0. The van der Waals surface area contributed by atoms with Crippen LogP contribution in [-0.2, 0) is 5.41 Å². The largest absolute Gasteiger partial charge is 0.354 e. The number of hydrogen-bond acceptors (Lipinski definition) is 1. The first-order valence-electron chi connectivity index (χ1n) is 9.09. The number of pyridine rings is 1. The first kappa shape index (κ1) is 14.1. The average molecular weight is 334 g/mol. The highest BCUT2D eigenvalue weighted by Crippen LogP contribution is 2.54. The molecule has 0 unspecified atom stereocenters. The molecule has 1 aliphatic rings. The molecule has 26 heavy (non-hydrogen) atoms. The summed E-state index contributed by atoms with van der Waals surface area (Å²) in [5.74, 6) is 0. The summed E-state index contributed by atoms with van der Waals surface area (Å²) in [7, 11) is 0. The van der Waals surface area contributed by atoms with Crippen molar-refractivity contribution < 1.29 is 0 Å². The van der Waals surface area contributed by atoms with E-state index in [-0.39, 0.29) is 5.41 Å². The molecule has 2 heteroatoms. The van der Waals surface area contributed by atoms with Gasteiger partial charge in [-0.25, -0.2) is 0 Å². The lowest BCUT2D eigenvalue weighted by Crippen LogP contribution is -2.15. The van der Waals surface area contributed by atoms with Gasteiger partial charge >= 0.3 is 0 Å². The van der Waals surface area contributed by atoms with Crippen molar-refractivity contribution >= 4 is 32.6 Å². The number of hydrogen-bond donors (Lipinski definition) is 1. The lowest BCUT2D eigenvalue weighted by atomic mass is 9.81. The van der Waals surface area contributed by atoms with Gasteiger partial charge in [-0.15, -0.1) is 0 Å². The number of aromatic nitrogens is 2. The third-order valence-electron chi connectivity index (χ3n) is 6.01. The minimum Gasteiger partial charge on any atom is -0.354 e. The average Bonchev–Trinajstić information content (AvgIpc) is 3.16. The molecule has 1 aliphatic carbocycles. The van der Waals surface area contributed by atoms with Crippen molar-refractivity contribution in [2.75, 3.05) is 0 Å². The SMILES string of the molecule is CC1(C)c2cccnc2-c2c1c1[nH]c3ccccc3c1c1ccccc21. The summed E-state index contributed by atoms with van der Waals surface area (Å²) < 4.78 is 0. The maximum Gasteiger partial charge on any atom is 0.0752 e. The van der Waals surface area contributed by atoms with E-state index in [4.69, 9.17) is 4.98 Å². The topological polar surface area (TPSA) is 28.7 Å². The summed E-state index contributed by atoms with van der Waals surface area (Å²) in [5.41, 5.74) is 7.47. The number of fused-ring (bicyclic) bond motifs is 10. The van der Waals surface area contributed by atoms with Crippen LogP contribution in [0.3, 0.4) is 0 Å². The Balaban J connectivity index is 1.98. The van der Waals surface area contributed by atoms with Crippen LogP contribution in [0.25, 0.3) is 43.8 Å². The third-order valence-corrected chi connectivity index (χ3v) is 6.01. The third kappa shape index (κ3) is 1.51. The summed E-state index contributed by atoms with van der Waals surface area (Å²) in [6.45, 7) is 4.64. The molecule has 2 nitrogen and oxygen atoms in total. The van der Waals surface area contributed by atoms with Crippen LogP contribution in [0, 0.1) is 0 Å². The molecule has 5 aromatic rings. The Morgan fingerprint density at radius 3 is 2.38 bits per heavy atom. The molecule has 6 rings (SSSR count). The summed E-state index contributed by atoms with van der Waals surface area (Å²) in [6, 6.07) is 21.7. The fraction of sp³-hybridized carbons (Fsp3) is 0.125. The van der Waals surface area contributed by atoms with Crippen molar-refractivity contribution in [3.8, 4) is 11.3 Å². The van der Waals surface area contributed by atoms with Gasteiger partial charge in [-0.2, -0.15) is 0 Å². The second-order valence-corrected chi connectivity index (χ2v) is 7.74. The standard InChI is InChI=1S/C24H18N2/c1-24(2)17-11-7-13-25-22(17)20-15-9-4-3-8-14(15)19-16-10-5-6-12-18(16)26-23(19)21(20)24/h3-13,26H,1-2H3. The highest BCUT2D eigenvalue weighted by atomic mass is 14.7. The van der Waals surface area contributed by atoms with Crippen LogP contribution in [0.15, 0.2) is 66.9 Å². The van der Waals surface area contributed by atoms with Crippen LogP contribution in [0.2, 0.25) is 0 Å². The maximum atomic E-state index is 4.79. The van der Waals surface area contributed by atoms with E-state index in [1.54, 1.807) is 0 Å². The van der Waals surface area contributed by atoms with Gasteiger partial charge < -0.3 is 4.98 Å². The fourth-order valence-electron chi connectivity index (χ4n) is 4.90. The van der Waals surface area contributed by atoms with Gasteiger partial charge in [-0.05, 0) is 34.0 Å². The molecule has 3 aromatic carbocycles. The second kappa shape index (κ2) is 4.53. The summed E-state index contributed by atoms with van der Waals surface area (Å²) in [4.78, 5) is 8.53. The Bertz CT molecular complexity index is 1360. The quantitative estimate of drug-likeness (QED) is 0.360. The van der Waals surface area contributed by atoms with Gasteiger partial charge in [0.2, 0.25) is 0 Å². The van der Waals surface area contributed by atoms with Crippen molar-refractivity contribution in [2.24, 2.45) is 0 Å². The Morgan fingerprint density at radius 1 is 0.808 bits per heavy atom. The van der Waals surface area contributed by atoms with E-state index >= 15 is 0 Å². The first-order chi connectivity index (χ1) is 12.7. The molecular weight excluding hydrogens is 316 g/mol.